The van der Waals surface area contributed by atoms with Crippen molar-refractivity contribution in [3.63, 3.8) is 0 Å². The Morgan fingerprint density at radius 3 is 2.77 bits per heavy atom. The molecule has 3 nitrogen and oxygen atoms in total. The van der Waals surface area contributed by atoms with Crippen molar-refractivity contribution in [2.75, 3.05) is 7.11 Å². The third kappa shape index (κ3) is 1.76. The minimum absolute atomic E-state index is 0.0966. The summed E-state index contributed by atoms with van der Waals surface area (Å²) in [5, 5.41) is 17.5. The summed E-state index contributed by atoms with van der Waals surface area (Å²) in [7, 11) is 1.36. The molecule has 1 aromatic carbocycles. The van der Waals surface area contributed by atoms with Crippen LogP contribution in [0.15, 0.2) is 12.1 Å². The molecule has 0 aliphatic rings. The summed E-state index contributed by atoms with van der Waals surface area (Å²) in [6.07, 6.45) is 0. The predicted molar refractivity (Wildman–Crippen MR) is 43.6 cm³/mol. The van der Waals surface area contributed by atoms with Gasteiger partial charge in [-0.2, -0.15) is 5.26 Å². The molecule has 0 heterocycles. The van der Waals surface area contributed by atoms with Gasteiger partial charge in [-0.1, -0.05) is 0 Å². The van der Waals surface area contributed by atoms with E-state index in [1.807, 2.05) is 0 Å². The Morgan fingerprint density at radius 1 is 1.62 bits per heavy atom. The smallest absolute Gasteiger partial charge is 0.128 e. The van der Waals surface area contributed by atoms with Crippen LogP contribution in [0.5, 0.6) is 5.75 Å². The second-order valence-corrected chi connectivity index (χ2v) is 2.40. The fourth-order valence-corrected chi connectivity index (χ4v) is 1.06. The van der Waals surface area contributed by atoms with E-state index in [2.05, 4.69) is 0 Å². The highest BCUT2D eigenvalue weighted by molar-refractivity contribution is 5.46. The molecule has 0 bridgehead atoms. The number of methoxy groups -OCH3 is 1. The van der Waals surface area contributed by atoms with Crippen molar-refractivity contribution in [2.45, 2.75) is 6.61 Å². The molecule has 0 saturated carbocycles. The van der Waals surface area contributed by atoms with Crippen LogP contribution in [-0.2, 0) is 6.61 Å². The maximum atomic E-state index is 12.8. The van der Waals surface area contributed by atoms with Crippen LogP contribution in [0.25, 0.3) is 0 Å². The third-order valence-corrected chi connectivity index (χ3v) is 1.67. The summed E-state index contributed by atoms with van der Waals surface area (Å²) in [6, 6.07) is 3.98. The van der Waals surface area contributed by atoms with Gasteiger partial charge in [-0.25, -0.2) is 4.39 Å². The van der Waals surface area contributed by atoms with Crippen molar-refractivity contribution < 1.29 is 14.2 Å². The van der Waals surface area contributed by atoms with Crippen LogP contribution in [0.2, 0.25) is 0 Å². The van der Waals surface area contributed by atoms with Crippen LogP contribution in [0.4, 0.5) is 4.39 Å². The van der Waals surface area contributed by atoms with Gasteiger partial charge in [0.15, 0.2) is 0 Å². The lowest BCUT2D eigenvalue weighted by atomic mass is 10.1. The first-order chi connectivity index (χ1) is 6.22. The molecule has 0 atom stereocenters. The average Bonchev–Trinajstić information content (AvgIpc) is 2.16. The summed E-state index contributed by atoms with van der Waals surface area (Å²) in [6.45, 7) is -0.341. The van der Waals surface area contributed by atoms with Gasteiger partial charge in [-0.05, 0) is 6.07 Å². The minimum atomic E-state index is -0.550. The van der Waals surface area contributed by atoms with E-state index in [1.54, 1.807) is 6.07 Å². The Morgan fingerprint density at radius 2 is 2.31 bits per heavy atom. The highest BCUT2D eigenvalue weighted by Crippen LogP contribution is 2.23. The van der Waals surface area contributed by atoms with Crippen LogP contribution in [-0.4, -0.2) is 12.2 Å². The van der Waals surface area contributed by atoms with Gasteiger partial charge in [0.1, 0.15) is 11.6 Å². The van der Waals surface area contributed by atoms with Gasteiger partial charge in [0.05, 0.1) is 25.3 Å². The van der Waals surface area contributed by atoms with Gasteiger partial charge in [0.2, 0.25) is 0 Å². The maximum Gasteiger partial charge on any atom is 0.128 e. The number of nitriles is 1. The number of aliphatic hydroxyl groups excluding tert-OH is 1. The Labute approximate surface area is 75.0 Å². The largest absolute Gasteiger partial charge is 0.496 e. The van der Waals surface area contributed by atoms with E-state index in [0.717, 1.165) is 12.1 Å². The highest BCUT2D eigenvalue weighted by atomic mass is 19.1. The fourth-order valence-electron chi connectivity index (χ4n) is 1.06. The number of hydrogen-bond donors (Lipinski definition) is 1. The molecular formula is C9H8FNO2. The van der Waals surface area contributed by atoms with E-state index in [-0.39, 0.29) is 17.9 Å². The molecule has 0 radical (unpaired) electrons. The van der Waals surface area contributed by atoms with E-state index in [9.17, 15) is 4.39 Å². The zero-order valence-corrected chi connectivity index (χ0v) is 7.04. The molecule has 0 aliphatic heterocycles. The van der Waals surface area contributed by atoms with Gasteiger partial charge >= 0.3 is 0 Å². The lowest BCUT2D eigenvalue weighted by Gasteiger charge is -2.07. The van der Waals surface area contributed by atoms with E-state index < -0.39 is 5.82 Å². The molecule has 13 heavy (non-hydrogen) atoms. The van der Waals surface area contributed by atoms with Crippen molar-refractivity contribution in [3.05, 3.63) is 29.1 Å². The minimum Gasteiger partial charge on any atom is -0.496 e. The Hall–Kier alpha value is -1.60. The van der Waals surface area contributed by atoms with E-state index in [4.69, 9.17) is 15.1 Å². The normalized spacial score (nSPS) is 9.38. The molecule has 1 rings (SSSR count). The molecule has 0 spiro atoms. The topological polar surface area (TPSA) is 53.2 Å². The molecule has 0 amide bonds. The Balaban J connectivity index is 3.36. The summed E-state index contributed by atoms with van der Waals surface area (Å²) in [5.41, 5.74) is 0.408. The van der Waals surface area contributed by atoms with Crippen LogP contribution < -0.4 is 4.74 Å². The van der Waals surface area contributed by atoms with Crippen LogP contribution in [0, 0.1) is 17.1 Å². The lowest BCUT2D eigenvalue weighted by Crippen LogP contribution is -1.97. The van der Waals surface area contributed by atoms with Crippen molar-refractivity contribution in [2.24, 2.45) is 0 Å². The Bertz CT molecular complexity index is 357. The number of halogens is 1. The zero-order valence-electron chi connectivity index (χ0n) is 7.04. The third-order valence-electron chi connectivity index (χ3n) is 1.67. The van der Waals surface area contributed by atoms with Gasteiger partial charge < -0.3 is 9.84 Å². The molecule has 0 unspecified atom stereocenters. The predicted octanol–water partition coefficient (Wildman–Crippen LogP) is 1.20. The van der Waals surface area contributed by atoms with Crippen molar-refractivity contribution in [3.8, 4) is 11.8 Å². The highest BCUT2D eigenvalue weighted by Gasteiger charge is 2.10. The Kier molecular flexibility index (Phi) is 2.83. The maximum absolute atomic E-state index is 12.8. The summed E-state index contributed by atoms with van der Waals surface area (Å²) in [4.78, 5) is 0. The fraction of sp³-hybridized carbons (Fsp3) is 0.222. The number of ether oxygens (including phenoxy) is 1. The van der Waals surface area contributed by atoms with E-state index in [0.29, 0.717) is 5.56 Å². The molecule has 1 aromatic rings. The first-order valence-electron chi connectivity index (χ1n) is 3.60. The van der Waals surface area contributed by atoms with Crippen molar-refractivity contribution >= 4 is 0 Å². The first-order valence-corrected chi connectivity index (χ1v) is 3.60. The van der Waals surface area contributed by atoms with Crippen LogP contribution >= 0.6 is 0 Å². The standard InChI is InChI=1S/C9H8FNO2/c1-13-9-3-7(10)2-6(4-11)8(9)5-12/h2-3,12H,5H2,1H3. The quantitative estimate of drug-likeness (QED) is 0.745. The number of rotatable bonds is 2. The molecule has 1 N–H and O–H groups in total. The summed E-state index contributed by atoms with van der Waals surface area (Å²) < 4.78 is 17.6. The SMILES string of the molecule is COc1cc(F)cc(C#N)c1CO. The first kappa shape index (κ1) is 9.49. The van der Waals surface area contributed by atoms with E-state index >= 15 is 0 Å². The monoisotopic (exact) mass is 181 g/mol. The van der Waals surface area contributed by atoms with Crippen LogP contribution in [0.1, 0.15) is 11.1 Å². The molecular weight excluding hydrogens is 173 g/mol. The number of nitrogens with zero attached hydrogens (tertiary/aromatic N) is 1. The summed E-state index contributed by atoms with van der Waals surface area (Å²) in [5.74, 6) is -0.357. The average molecular weight is 181 g/mol. The van der Waals surface area contributed by atoms with Gasteiger partial charge in [-0.3, -0.25) is 0 Å². The molecule has 0 aliphatic carbocycles. The van der Waals surface area contributed by atoms with Crippen LogP contribution in [0.3, 0.4) is 0 Å². The van der Waals surface area contributed by atoms with Crippen molar-refractivity contribution in [1.29, 1.82) is 5.26 Å². The number of hydrogen-bond acceptors (Lipinski definition) is 3. The lowest BCUT2D eigenvalue weighted by molar-refractivity contribution is 0.273. The second-order valence-electron chi connectivity index (χ2n) is 2.40. The zero-order chi connectivity index (χ0) is 9.84. The number of benzene rings is 1. The van der Waals surface area contributed by atoms with Gasteiger partial charge in [0, 0.05) is 11.6 Å². The molecule has 4 heteroatoms. The molecule has 0 fully saturated rings. The summed E-state index contributed by atoms with van der Waals surface area (Å²) >= 11 is 0. The molecule has 68 valence electrons. The van der Waals surface area contributed by atoms with Gasteiger partial charge in [-0.15, -0.1) is 0 Å². The van der Waals surface area contributed by atoms with Crippen molar-refractivity contribution in [1.82, 2.24) is 0 Å². The molecule has 0 aromatic heterocycles. The molecule has 0 saturated heterocycles. The second kappa shape index (κ2) is 3.87. The van der Waals surface area contributed by atoms with E-state index in [1.165, 1.54) is 7.11 Å². The number of aliphatic hydroxyl groups is 1. The van der Waals surface area contributed by atoms with Gasteiger partial charge in [0.25, 0.3) is 0 Å².